The van der Waals surface area contributed by atoms with Crippen LogP contribution >= 0.6 is 35.0 Å². The highest BCUT2D eigenvalue weighted by Crippen LogP contribution is 2.34. The molecule has 0 aliphatic rings. The number of hydrogen-bond acceptors (Lipinski definition) is 2. The molecule has 0 amide bonds. The molecule has 19 heavy (non-hydrogen) atoms. The van der Waals surface area contributed by atoms with Crippen molar-refractivity contribution in [2.75, 3.05) is 5.75 Å². The lowest BCUT2D eigenvalue weighted by atomic mass is 10.1. The van der Waals surface area contributed by atoms with Gasteiger partial charge in [0, 0.05) is 14.9 Å². The van der Waals surface area contributed by atoms with Gasteiger partial charge in [0.15, 0.2) is 0 Å². The number of thioether (sulfide) groups is 1. The van der Waals surface area contributed by atoms with Gasteiger partial charge in [0.1, 0.15) is 0 Å². The predicted molar refractivity (Wildman–Crippen MR) is 80.3 cm³/mol. The van der Waals surface area contributed by atoms with Crippen molar-refractivity contribution in [1.82, 2.24) is 0 Å². The quantitative estimate of drug-likeness (QED) is 0.821. The first kappa shape index (κ1) is 14.3. The maximum Gasteiger partial charge on any atom is 0.313 e. The molecule has 0 bridgehead atoms. The number of benzene rings is 2. The zero-order chi connectivity index (χ0) is 13.8. The molecule has 0 unspecified atom stereocenters. The monoisotopic (exact) mass is 312 g/mol. The Bertz CT molecular complexity index is 594. The molecule has 0 aliphatic heterocycles. The van der Waals surface area contributed by atoms with Gasteiger partial charge in [-0.1, -0.05) is 41.4 Å². The maximum absolute atomic E-state index is 10.7. The fourth-order valence-corrected chi connectivity index (χ4v) is 3.00. The normalized spacial score (nSPS) is 10.4. The Balaban J connectivity index is 2.40. The number of carboxylic acids is 1. The van der Waals surface area contributed by atoms with Crippen LogP contribution in [0.2, 0.25) is 10.0 Å². The molecule has 1 N–H and O–H groups in total. The molecule has 0 fully saturated rings. The summed E-state index contributed by atoms with van der Waals surface area (Å²) >= 11 is 13.3. The van der Waals surface area contributed by atoms with E-state index in [4.69, 9.17) is 28.3 Å². The first-order valence-corrected chi connectivity index (χ1v) is 7.20. The lowest BCUT2D eigenvalue weighted by Crippen LogP contribution is -1.97. The summed E-state index contributed by atoms with van der Waals surface area (Å²) in [7, 11) is 0. The van der Waals surface area contributed by atoms with Gasteiger partial charge >= 0.3 is 5.97 Å². The van der Waals surface area contributed by atoms with Crippen molar-refractivity contribution >= 4 is 40.9 Å². The Morgan fingerprint density at radius 1 is 1.11 bits per heavy atom. The zero-order valence-corrected chi connectivity index (χ0v) is 12.1. The molecule has 0 aliphatic carbocycles. The van der Waals surface area contributed by atoms with Crippen molar-refractivity contribution in [2.45, 2.75) is 4.90 Å². The number of hydrogen-bond donors (Lipinski definition) is 1. The van der Waals surface area contributed by atoms with Crippen molar-refractivity contribution in [3.8, 4) is 11.1 Å². The Kier molecular flexibility index (Phi) is 4.75. The molecule has 0 radical (unpaired) electrons. The van der Waals surface area contributed by atoms with Gasteiger partial charge in [-0.15, -0.1) is 11.8 Å². The molecule has 0 saturated carbocycles. The molecule has 0 spiro atoms. The molecular formula is C14H10Cl2O2S. The van der Waals surface area contributed by atoms with Gasteiger partial charge in [0.25, 0.3) is 0 Å². The van der Waals surface area contributed by atoms with E-state index in [-0.39, 0.29) is 5.75 Å². The van der Waals surface area contributed by atoms with Gasteiger partial charge in [-0.25, -0.2) is 0 Å². The van der Waals surface area contributed by atoms with Gasteiger partial charge in [-0.3, -0.25) is 4.79 Å². The molecule has 0 atom stereocenters. The maximum atomic E-state index is 10.7. The van der Waals surface area contributed by atoms with Crippen molar-refractivity contribution in [3.63, 3.8) is 0 Å². The van der Waals surface area contributed by atoms with E-state index in [1.54, 1.807) is 6.07 Å². The second-order valence-corrected chi connectivity index (χ2v) is 5.73. The number of carbonyl (C=O) groups is 1. The molecule has 0 heterocycles. The highest BCUT2D eigenvalue weighted by Gasteiger charge is 2.08. The van der Waals surface area contributed by atoms with Crippen LogP contribution in [0.5, 0.6) is 0 Å². The lowest BCUT2D eigenvalue weighted by molar-refractivity contribution is -0.133. The van der Waals surface area contributed by atoms with E-state index >= 15 is 0 Å². The molecule has 2 nitrogen and oxygen atoms in total. The molecule has 0 aromatic heterocycles. The van der Waals surface area contributed by atoms with E-state index in [1.165, 1.54) is 11.8 Å². The van der Waals surface area contributed by atoms with Crippen molar-refractivity contribution in [3.05, 3.63) is 52.5 Å². The molecule has 98 valence electrons. The smallest absolute Gasteiger partial charge is 0.313 e. The van der Waals surface area contributed by atoms with Crippen LogP contribution in [-0.2, 0) is 4.79 Å². The molecule has 5 heteroatoms. The van der Waals surface area contributed by atoms with Gasteiger partial charge in [0.05, 0.1) is 5.75 Å². The van der Waals surface area contributed by atoms with Crippen molar-refractivity contribution < 1.29 is 9.90 Å². The summed E-state index contributed by atoms with van der Waals surface area (Å²) in [4.78, 5) is 11.6. The number of aliphatic carboxylic acids is 1. The second-order valence-electron chi connectivity index (χ2n) is 3.84. The summed E-state index contributed by atoms with van der Waals surface area (Å²) in [5.74, 6) is -0.824. The summed E-state index contributed by atoms with van der Waals surface area (Å²) in [5.41, 5.74) is 1.81. The SMILES string of the molecule is O=C(O)CSc1ccccc1-c1cc(Cl)cc(Cl)c1. The van der Waals surface area contributed by atoms with Gasteiger partial charge < -0.3 is 5.11 Å². The van der Waals surface area contributed by atoms with Crippen LogP contribution < -0.4 is 0 Å². The third-order valence-corrected chi connectivity index (χ3v) is 3.91. The van der Waals surface area contributed by atoms with Crippen LogP contribution in [0.3, 0.4) is 0 Å². The summed E-state index contributed by atoms with van der Waals surface area (Å²) in [6, 6.07) is 12.9. The standard InChI is InChI=1S/C14H10Cl2O2S/c15-10-5-9(6-11(16)7-10)12-3-1-2-4-13(12)19-8-14(17)18/h1-7H,8H2,(H,17,18). The summed E-state index contributed by atoms with van der Waals surface area (Å²) < 4.78 is 0. The Labute approximate surface area is 125 Å². The minimum absolute atomic E-state index is 0.0192. The van der Waals surface area contributed by atoms with Gasteiger partial charge in [0.2, 0.25) is 0 Å². The van der Waals surface area contributed by atoms with Crippen LogP contribution in [-0.4, -0.2) is 16.8 Å². The highest BCUT2D eigenvalue weighted by atomic mass is 35.5. The minimum atomic E-state index is -0.844. The summed E-state index contributed by atoms with van der Waals surface area (Å²) in [6.07, 6.45) is 0. The first-order chi connectivity index (χ1) is 9.06. The van der Waals surface area contributed by atoms with Gasteiger partial charge in [-0.05, 0) is 35.4 Å². The zero-order valence-electron chi connectivity index (χ0n) is 9.77. The van der Waals surface area contributed by atoms with E-state index in [1.807, 2.05) is 36.4 Å². The minimum Gasteiger partial charge on any atom is -0.481 e. The third-order valence-electron chi connectivity index (χ3n) is 2.41. The van der Waals surface area contributed by atoms with E-state index in [0.717, 1.165) is 16.0 Å². The predicted octanol–water partition coefficient (Wildman–Crippen LogP) is 4.84. The number of rotatable bonds is 4. The van der Waals surface area contributed by atoms with E-state index < -0.39 is 5.97 Å². The molecular weight excluding hydrogens is 303 g/mol. The van der Waals surface area contributed by atoms with E-state index in [2.05, 4.69) is 0 Å². The first-order valence-electron chi connectivity index (χ1n) is 5.46. The molecule has 2 aromatic carbocycles. The molecule has 2 aromatic rings. The molecule has 0 saturated heterocycles. The summed E-state index contributed by atoms with van der Waals surface area (Å²) in [5, 5.41) is 9.87. The second kappa shape index (κ2) is 6.33. The average molecular weight is 313 g/mol. The van der Waals surface area contributed by atoms with E-state index in [0.29, 0.717) is 10.0 Å². The Morgan fingerprint density at radius 3 is 2.37 bits per heavy atom. The Hall–Kier alpha value is -1.16. The van der Waals surface area contributed by atoms with Crippen LogP contribution in [0.4, 0.5) is 0 Å². The van der Waals surface area contributed by atoms with Crippen LogP contribution in [0.15, 0.2) is 47.4 Å². The topological polar surface area (TPSA) is 37.3 Å². The fourth-order valence-electron chi connectivity index (χ4n) is 1.68. The van der Waals surface area contributed by atoms with Crippen LogP contribution in [0, 0.1) is 0 Å². The van der Waals surface area contributed by atoms with Gasteiger partial charge in [-0.2, -0.15) is 0 Å². The van der Waals surface area contributed by atoms with E-state index in [9.17, 15) is 4.79 Å². The largest absolute Gasteiger partial charge is 0.481 e. The lowest BCUT2D eigenvalue weighted by Gasteiger charge is -2.09. The summed E-state index contributed by atoms with van der Waals surface area (Å²) in [6.45, 7) is 0. The fraction of sp³-hybridized carbons (Fsp3) is 0.0714. The van der Waals surface area contributed by atoms with Crippen LogP contribution in [0.1, 0.15) is 0 Å². The molecule has 2 rings (SSSR count). The Morgan fingerprint density at radius 2 is 1.74 bits per heavy atom. The van der Waals surface area contributed by atoms with Crippen molar-refractivity contribution in [1.29, 1.82) is 0 Å². The average Bonchev–Trinajstić information content (AvgIpc) is 2.35. The number of carboxylic acid groups (broad SMARTS) is 1. The highest BCUT2D eigenvalue weighted by molar-refractivity contribution is 8.00. The van der Waals surface area contributed by atoms with Crippen LogP contribution in [0.25, 0.3) is 11.1 Å². The number of halogens is 2. The third kappa shape index (κ3) is 3.90. The van der Waals surface area contributed by atoms with Crippen molar-refractivity contribution in [2.24, 2.45) is 0 Å².